The quantitative estimate of drug-likeness (QED) is 0.844. The largest absolute Gasteiger partial charge is 0.481 e. The Morgan fingerprint density at radius 2 is 2.05 bits per heavy atom. The van der Waals surface area contributed by atoms with Crippen molar-refractivity contribution in [1.29, 1.82) is 0 Å². The molecule has 0 heterocycles. The summed E-state index contributed by atoms with van der Waals surface area (Å²) in [5, 5.41) is 2.85. The fraction of sp³-hybridized carbons (Fsp3) is 0.500. The summed E-state index contributed by atoms with van der Waals surface area (Å²) in [7, 11) is 0. The lowest BCUT2D eigenvalue weighted by Crippen LogP contribution is -2.25. The van der Waals surface area contributed by atoms with E-state index >= 15 is 0 Å². The van der Waals surface area contributed by atoms with E-state index in [1.165, 1.54) is 25.7 Å². The van der Waals surface area contributed by atoms with Crippen LogP contribution in [0.2, 0.25) is 0 Å². The summed E-state index contributed by atoms with van der Waals surface area (Å²) in [6.45, 7) is 2.76. The number of ether oxygens (including phenoxy) is 1. The SMILES string of the molecule is Cc1ccccc1OCC#CCNC(=O)CC1CCCC1. The maximum atomic E-state index is 11.7. The van der Waals surface area contributed by atoms with Crippen LogP contribution in [0.5, 0.6) is 5.75 Å². The maximum absolute atomic E-state index is 11.7. The van der Waals surface area contributed by atoms with Crippen LogP contribution in [-0.2, 0) is 4.79 Å². The van der Waals surface area contributed by atoms with Gasteiger partial charge in [0.25, 0.3) is 0 Å². The van der Waals surface area contributed by atoms with E-state index in [9.17, 15) is 4.79 Å². The summed E-state index contributed by atoms with van der Waals surface area (Å²) in [5.41, 5.74) is 1.10. The van der Waals surface area contributed by atoms with E-state index in [4.69, 9.17) is 4.74 Å². The minimum absolute atomic E-state index is 0.121. The number of hydrogen-bond donors (Lipinski definition) is 1. The summed E-state index contributed by atoms with van der Waals surface area (Å²) in [6.07, 6.45) is 5.59. The molecule has 0 aliphatic heterocycles. The van der Waals surface area contributed by atoms with Gasteiger partial charge in [0.2, 0.25) is 5.91 Å². The highest BCUT2D eigenvalue weighted by Crippen LogP contribution is 2.27. The van der Waals surface area contributed by atoms with Crippen LogP contribution in [0.4, 0.5) is 0 Å². The first kappa shape index (κ1) is 15.4. The van der Waals surface area contributed by atoms with Crippen LogP contribution in [0, 0.1) is 24.7 Å². The number of amides is 1. The maximum Gasteiger partial charge on any atom is 0.221 e. The lowest BCUT2D eigenvalue weighted by Gasteiger charge is -2.07. The van der Waals surface area contributed by atoms with E-state index in [0.717, 1.165) is 11.3 Å². The zero-order valence-electron chi connectivity index (χ0n) is 12.7. The first-order valence-corrected chi connectivity index (χ1v) is 7.66. The third kappa shape index (κ3) is 5.51. The lowest BCUT2D eigenvalue weighted by atomic mass is 10.0. The van der Waals surface area contributed by atoms with Gasteiger partial charge in [-0.2, -0.15) is 0 Å². The number of benzene rings is 1. The minimum Gasteiger partial charge on any atom is -0.481 e. The average Bonchev–Trinajstić information content (AvgIpc) is 2.97. The van der Waals surface area contributed by atoms with Gasteiger partial charge in [0.1, 0.15) is 12.4 Å². The molecule has 3 nitrogen and oxygen atoms in total. The minimum atomic E-state index is 0.121. The number of nitrogens with one attached hydrogen (secondary N) is 1. The standard InChI is InChI=1S/C18H23NO2/c1-15-8-2-5-11-17(15)21-13-7-6-12-19-18(20)14-16-9-3-4-10-16/h2,5,8,11,16H,3-4,9-10,12-14H2,1H3,(H,19,20). The Bertz CT molecular complexity index is 522. The van der Waals surface area contributed by atoms with Gasteiger partial charge in [0, 0.05) is 6.42 Å². The number of carbonyl (C=O) groups is 1. The van der Waals surface area contributed by atoms with Crippen molar-refractivity contribution < 1.29 is 9.53 Å². The molecule has 1 fully saturated rings. The van der Waals surface area contributed by atoms with Crippen LogP contribution in [0.15, 0.2) is 24.3 Å². The molecule has 3 heteroatoms. The third-order valence-corrected chi connectivity index (χ3v) is 3.84. The Hall–Kier alpha value is -1.95. The van der Waals surface area contributed by atoms with E-state index in [1.54, 1.807) is 0 Å². The second-order valence-electron chi connectivity index (χ2n) is 5.54. The van der Waals surface area contributed by atoms with Gasteiger partial charge in [-0.15, -0.1) is 0 Å². The van der Waals surface area contributed by atoms with Gasteiger partial charge < -0.3 is 10.1 Å². The second kappa shape index (κ2) is 8.36. The summed E-state index contributed by atoms with van der Waals surface area (Å²) in [6, 6.07) is 7.86. The monoisotopic (exact) mass is 285 g/mol. The van der Waals surface area contributed by atoms with Crippen LogP contribution in [0.25, 0.3) is 0 Å². The van der Waals surface area contributed by atoms with Crippen molar-refractivity contribution in [1.82, 2.24) is 5.32 Å². The topological polar surface area (TPSA) is 38.3 Å². The second-order valence-corrected chi connectivity index (χ2v) is 5.54. The Kier molecular flexibility index (Phi) is 6.15. The van der Waals surface area contributed by atoms with Crippen molar-refractivity contribution in [3.05, 3.63) is 29.8 Å². The first-order chi connectivity index (χ1) is 10.3. The van der Waals surface area contributed by atoms with Crippen LogP contribution in [0.1, 0.15) is 37.7 Å². The van der Waals surface area contributed by atoms with Crippen molar-refractivity contribution in [2.75, 3.05) is 13.2 Å². The number of para-hydroxylation sites is 1. The average molecular weight is 285 g/mol. The van der Waals surface area contributed by atoms with Crippen LogP contribution >= 0.6 is 0 Å². The Morgan fingerprint density at radius 1 is 1.29 bits per heavy atom. The molecule has 1 saturated carbocycles. The molecule has 112 valence electrons. The fourth-order valence-electron chi connectivity index (χ4n) is 2.64. The molecule has 0 unspecified atom stereocenters. The number of carbonyl (C=O) groups excluding carboxylic acids is 1. The van der Waals surface area contributed by atoms with E-state index < -0.39 is 0 Å². The molecule has 0 radical (unpaired) electrons. The van der Waals surface area contributed by atoms with Crippen molar-refractivity contribution in [2.24, 2.45) is 5.92 Å². The Labute approximate surface area is 127 Å². The Balaban J connectivity index is 1.60. The van der Waals surface area contributed by atoms with E-state index in [1.807, 2.05) is 31.2 Å². The van der Waals surface area contributed by atoms with Gasteiger partial charge >= 0.3 is 0 Å². The van der Waals surface area contributed by atoms with Crippen LogP contribution < -0.4 is 10.1 Å². The molecule has 2 rings (SSSR count). The zero-order chi connectivity index (χ0) is 14.9. The molecule has 1 aromatic carbocycles. The van der Waals surface area contributed by atoms with Gasteiger partial charge in [-0.05, 0) is 37.3 Å². The van der Waals surface area contributed by atoms with Gasteiger partial charge in [-0.25, -0.2) is 0 Å². The van der Waals surface area contributed by atoms with Crippen molar-refractivity contribution >= 4 is 5.91 Å². The predicted octanol–water partition coefficient (Wildman–Crippen LogP) is 3.07. The lowest BCUT2D eigenvalue weighted by molar-refractivity contribution is -0.121. The van der Waals surface area contributed by atoms with E-state index in [-0.39, 0.29) is 5.91 Å². The van der Waals surface area contributed by atoms with E-state index in [2.05, 4.69) is 17.2 Å². The van der Waals surface area contributed by atoms with Gasteiger partial charge in [-0.3, -0.25) is 4.79 Å². The molecule has 0 bridgehead atoms. The third-order valence-electron chi connectivity index (χ3n) is 3.84. The van der Waals surface area contributed by atoms with Crippen molar-refractivity contribution in [3.63, 3.8) is 0 Å². The summed E-state index contributed by atoms with van der Waals surface area (Å²) in [5.74, 6) is 7.41. The first-order valence-electron chi connectivity index (χ1n) is 7.66. The molecule has 0 saturated heterocycles. The molecular formula is C18H23NO2. The summed E-state index contributed by atoms with van der Waals surface area (Å²) < 4.78 is 5.57. The molecule has 1 N–H and O–H groups in total. The number of rotatable bonds is 5. The Morgan fingerprint density at radius 3 is 2.81 bits per heavy atom. The highest BCUT2D eigenvalue weighted by atomic mass is 16.5. The van der Waals surface area contributed by atoms with Crippen LogP contribution in [0.3, 0.4) is 0 Å². The van der Waals surface area contributed by atoms with Crippen LogP contribution in [-0.4, -0.2) is 19.1 Å². The molecule has 1 amide bonds. The fourth-order valence-corrected chi connectivity index (χ4v) is 2.64. The molecule has 0 spiro atoms. The molecule has 1 aromatic rings. The number of hydrogen-bond acceptors (Lipinski definition) is 2. The normalized spacial score (nSPS) is 14.3. The smallest absolute Gasteiger partial charge is 0.221 e. The van der Waals surface area contributed by atoms with Gasteiger partial charge in [0.05, 0.1) is 6.54 Å². The molecule has 21 heavy (non-hydrogen) atoms. The van der Waals surface area contributed by atoms with Gasteiger partial charge in [-0.1, -0.05) is 42.9 Å². The molecule has 1 aliphatic rings. The molecule has 0 atom stereocenters. The zero-order valence-corrected chi connectivity index (χ0v) is 12.7. The summed E-state index contributed by atoms with van der Waals surface area (Å²) in [4.78, 5) is 11.7. The highest BCUT2D eigenvalue weighted by molar-refractivity contribution is 5.76. The predicted molar refractivity (Wildman–Crippen MR) is 84.0 cm³/mol. The highest BCUT2D eigenvalue weighted by Gasteiger charge is 2.17. The van der Waals surface area contributed by atoms with Crippen molar-refractivity contribution in [2.45, 2.75) is 39.0 Å². The molecule has 0 aromatic heterocycles. The van der Waals surface area contributed by atoms with Gasteiger partial charge in [0.15, 0.2) is 0 Å². The summed E-state index contributed by atoms with van der Waals surface area (Å²) >= 11 is 0. The van der Waals surface area contributed by atoms with E-state index in [0.29, 0.717) is 25.5 Å². The molecule has 1 aliphatic carbocycles. The van der Waals surface area contributed by atoms with Crippen molar-refractivity contribution in [3.8, 4) is 17.6 Å². The number of aryl methyl sites for hydroxylation is 1. The molecular weight excluding hydrogens is 262 g/mol.